The highest BCUT2D eigenvalue weighted by Gasteiger charge is 2.64. The van der Waals surface area contributed by atoms with Crippen LogP contribution < -0.4 is 0 Å². The van der Waals surface area contributed by atoms with Crippen molar-refractivity contribution in [2.24, 2.45) is 29.6 Å². The van der Waals surface area contributed by atoms with E-state index < -0.39 is 17.9 Å². The summed E-state index contributed by atoms with van der Waals surface area (Å²) in [6.45, 7) is 0. The highest BCUT2D eigenvalue weighted by Crippen LogP contribution is 2.58. The number of hydrogen-bond acceptors (Lipinski definition) is 5. The molecule has 3 fully saturated rings. The third-order valence-corrected chi connectivity index (χ3v) is 4.25. The summed E-state index contributed by atoms with van der Waals surface area (Å²) < 4.78 is 9.36. The lowest BCUT2D eigenvalue weighted by molar-refractivity contribution is -0.154. The van der Waals surface area contributed by atoms with Crippen molar-refractivity contribution in [1.29, 1.82) is 0 Å². The van der Waals surface area contributed by atoms with Gasteiger partial charge in [-0.2, -0.15) is 0 Å². The van der Waals surface area contributed by atoms with E-state index in [0.717, 1.165) is 6.42 Å². The average Bonchev–Trinajstić information content (AvgIpc) is 2.90. The van der Waals surface area contributed by atoms with Crippen LogP contribution in [0, 0.1) is 29.6 Å². The minimum absolute atomic E-state index is 0.0543. The van der Waals surface area contributed by atoms with Crippen LogP contribution in [0.2, 0.25) is 0 Å². The second-order valence-corrected chi connectivity index (χ2v) is 4.82. The fourth-order valence-corrected chi connectivity index (χ4v) is 3.68. The molecular formula is C11H12O5. The molecule has 2 saturated carbocycles. The molecule has 5 unspecified atom stereocenters. The number of carbonyl (C=O) groups excluding carboxylic acids is 3. The van der Waals surface area contributed by atoms with Gasteiger partial charge in [-0.05, 0) is 24.7 Å². The first-order valence-corrected chi connectivity index (χ1v) is 5.47. The Morgan fingerprint density at radius 2 is 1.94 bits per heavy atom. The van der Waals surface area contributed by atoms with E-state index in [-0.39, 0.29) is 29.6 Å². The lowest BCUT2D eigenvalue weighted by Crippen LogP contribution is -2.34. The number of carbonyl (C=O) groups is 3. The maximum absolute atomic E-state index is 11.5. The minimum Gasteiger partial charge on any atom is -0.469 e. The molecule has 16 heavy (non-hydrogen) atoms. The summed E-state index contributed by atoms with van der Waals surface area (Å²) in [5.74, 6) is -1.96. The number of hydrogen-bond donors (Lipinski definition) is 0. The summed E-state index contributed by atoms with van der Waals surface area (Å²) in [5, 5.41) is 0. The molecule has 2 aliphatic carbocycles. The third kappa shape index (κ3) is 1.03. The Bertz CT molecular complexity index is 388. The van der Waals surface area contributed by atoms with E-state index in [1.165, 1.54) is 7.11 Å². The van der Waals surface area contributed by atoms with Gasteiger partial charge in [0.25, 0.3) is 0 Å². The van der Waals surface area contributed by atoms with Crippen molar-refractivity contribution < 1.29 is 23.9 Å². The predicted molar refractivity (Wildman–Crippen MR) is 49.8 cm³/mol. The molecule has 1 aliphatic heterocycles. The van der Waals surface area contributed by atoms with Gasteiger partial charge in [0.2, 0.25) is 0 Å². The number of ether oxygens (including phenoxy) is 2. The molecule has 1 saturated heterocycles. The molecule has 0 radical (unpaired) electrons. The van der Waals surface area contributed by atoms with Crippen LogP contribution in [0.5, 0.6) is 0 Å². The van der Waals surface area contributed by atoms with Gasteiger partial charge in [0.15, 0.2) is 0 Å². The maximum atomic E-state index is 11.5. The summed E-state index contributed by atoms with van der Waals surface area (Å²) in [7, 11) is 1.35. The van der Waals surface area contributed by atoms with Gasteiger partial charge in [-0.15, -0.1) is 0 Å². The predicted octanol–water partition coefficient (Wildman–Crippen LogP) is 0.131. The van der Waals surface area contributed by atoms with Gasteiger partial charge in [-0.25, -0.2) is 0 Å². The molecule has 0 aromatic rings. The van der Waals surface area contributed by atoms with Gasteiger partial charge >= 0.3 is 17.9 Å². The monoisotopic (exact) mass is 224 g/mol. The highest BCUT2D eigenvalue weighted by atomic mass is 16.6. The zero-order valence-electron chi connectivity index (χ0n) is 8.84. The largest absolute Gasteiger partial charge is 0.469 e. The molecule has 3 rings (SSSR count). The minimum atomic E-state index is -0.448. The molecular weight excluding hydrogens is 212 g/mol. The van der Waals surface area contributed by atoms with Gasteiger partial charge in [0.05, 0.1) is 24.9 Å². The van der Waals surface area contributed by atoms with Crippen molar-refractivity contribution in [1.82, 2.24) is 0 Å². The van der Waals surface area contributed by atoms with Crippen molar-refractivity contribution in [3.8, 4) is 0 Å². The lowest BCUT2D eigenvalue weighted by Gasteiger charge is -2.25. The Morgan fingerprint density at radius 1 is 1.25 bits per heavy atom. The van der Waals surface area contributed by atoms with Gasteiger partial charge in [-0.3, -0.25) is 14.4 Å². The molecule has 86 valence electrons. The summed E-state index contributed by atoms with van der Waals surface area (Å²) in [4.78, 5) is 34.5. The molecule has 5 nitrogen and oxygen atoms in total. The Hall–Kier alpha value is -1.39. The van der Waals surface area contributed by atoms with Crippen LogP contribution >= 0.6 is 0 Å². The molecule has 0 amide bonds. The van der Waals surface area contributed by atoms with Crippen LogP contribution in [-0.4, -0.2) is 25.0 Å². The van der Waals surface area contributed by atoms with Crippen molar-refractivity contribution in [2.45, 2.75) is 12.8 Å². The third-order valence-electron chi connectivity index (χ3n) is 4.25. The molecule has 3 aliphatic rings. The molecule has 0 spiro atoms. The molecule has 2 bridgehead atoms. The van der Waals surface area contributed by atoms with Gasteiger partial charge in [0.1, 0.15) is 0 Å². The summed E-state index contributed by atoms with van der Waals surface area (Å²) in [6, 6.07) is 0. The number of fused-ring (bicyclic) bond motifs is 5. The van der Waals surface area contributed by atoms with E-state index in [2.05, 4.69) is 4.74 Å². The van der Waals surface area contributed by atoms with E-state index in [1.54, 1.807) is 0 Å². The fourth-order valence-electron chi connectivity index (χ4n) is 3.68. The van der Waals surface area contributed by atoms with Crippen LogP contribution in [0.25, 0.3) is 0 Å². The number of cyclic esters (lactones) is 2. The van der Waals surface area contributed by atoms with Crippen LogP contribution in [0.1, 0.15) is 12.8 Å². The molecule has 0 aromatic carbocycles. The van der Waals surface area contributed by atoms with E-state index in [9.17, 15) is 14.4 Å². The summed E-state index contributed by atoms with van der Waals surface area (Å²) >= 11 is 0. The van der Waals surface area contributed by atoms with E-state index in [1.807, 2.05) is 0 Å². The van der Waals surface area contributed by atoms with Crippen LogP contribution in [0.4, 0.5) is 0 Å². The van der Waals surface area contributed by atoms with Crippen molar-refractivity contribution in [2.75, 3.05) is 7.11 Å². The van der Waals surface area contributed by atoms with Crippen LogP contribution in [-0.2, 0) is 23.9 Å². The van der Waals surface area contributed by atoms with Gasteiger partial charge < -0.3 is 9.47 Å². The second kappa shape index (κ2) is 3.06. The fraction of sp³-hybridized carbons (Fsp3) is 0.727. The number of rotatable bonds is 1. The van der Waals surface area contributed by atoms with E-state index in [0.29, 0.717) is 6.42 Å². The first-order chi connectivity index (χ1) is 7.63. The SMILES string of the molecule is COC(=O)C1CC2CC1C1C(=O)OC(=O)C21. The molecule has 0 aromatic heterocycles. The zero-order chi connectivity index (χ0) is 11.4. The Balaban J connectivity index is 1.89. The average molecular weight is 224 g/mol. The van der Waals surface area contributed by atoms with Crippen LogP contribution in [0.3, 0.4) is 0 Å². The van der Waals surface area contributed by atoms with Crippen LogP contribution in [0.15, 0.2) is 0 Å². The zero-order valence-corrected chi connectivity index (χ0v) is 8.84. The normalized spacial score (nSPS) is 44.4. The Labute approximate surface area is 92.1 Å². The summed E-state index contributed by atoms with van der Waals surface area (Å²) in [6.07, 6.45) is 1.43. The Kier molecular flexibility index (Phi) is 1.87. The highest BCUT2D eigenvalue weighted by molar-refractivity contribution is 5.98. The van der Waals surface area contributed by atoms with E-state index >= 15 is 0 Å². The van der Waals surface area contributed by atoms with Crippen molar-refractivity contribution in [3.05, 3.63) is 0 Å². The number of esters is 3. The maximum Gasteiger partial charge on any atom is 0.317 e. The van der Waals surface area contributed by atoms with Crippen molar-refractivity contribution >= 4 is 17.9 Å². The molecule has 5 heteroatoms. The topological polar surface area (TPSA) is 69.7 Å². The summed E-state index contributed by atoms with van der Waals surface area (Å²) in [5.41, 5.74) is 0. The van der Waals surface area contributed by atoms with Gasteiger partial charge in [0, 0.05) is 0 Å². The smallest absolute Gasteiger partial charge is 0.317 e. The van der Waals surface area contributed by atoms with Crippen molar-refractivity contribution in [3.63, 3.8) is 0 Å². The molecule has 1 heterocycles. The quantitative estimate of drug-likeness (QED) is 0.467. The second-order valence-electron chi connectivity index (χ2n) is 4.82. The Morgan fingerprint density at radius 3 is 2.62 bits per heavy atom. The van der Waals surface area contributed by atoms with E-state index in [4.69, 9.17) is 4.74 Å². The molecule has 5 atom stereocenters. The lowest BCUT2D eigenvalue weighted by atomic mass is 9.75. The first kappa shape index (κ1) is 9.81. The standard InChI is InChI=1S/C11H12O5/c1-15-9(12)6-3-4-2-5(6)8-7(4)10(13)16-11(8)14/h4-8H,2-3H2,1H3. The molecule has 0 N–H and O–H groups in total. The number of methoxy groups -OCH3 is 1. The first-order valence-electron chi connectivity index (χ1n) is 5.47. The van der Waals surface area contributed by atoms with Gasteiger partial charge in [-0.1, -0.05) is 0 Å².